The summed E-state index contributed by atoms with van der Waals surface area (Å²) >= 11 is 0. The number of carbonyl (C=O) groups excluding carboxylic acids is 1. The highest BCUT2D eigenvalue weighted by Crippen LogP contribution is 2.42. The van der Waals surface area contributed by atoms with Gasteiger partial charge in [0.05, 0.1) is 11.4 Å². The van der Waals surface area contributed by atoms with Gasteiger partial charge >= 0.3 is 0 Å². The van der Waals surface area contributed by atoms with Crippen LogP contribution in [-0.4, -0.2) is 5.91 Å². The molecule has 1 heterocycles. The molecule has 0 spiro atoms. The van der Waals surface area contributed by atoms with Crippen LogP contribution in [0.3, 0.4) is 0 Å². The Hall–Kier alpha value is -3.13. The van der Waals surface area contributed by atoms with Gasteiger partial charge in [0.2, 0.25) is 0 Å². The average Bonchev–Trinajstić information content (AvgIpc) is 2.94. The summed E-state index contributed by atoms with van der Waals surface area (Å²) in [6, 6.07) is 26.2. The quantitative estimate of drug-likeness (QED) is 0.542. The van der Waals surface area contributed by atoms with E-state index in [0.29, 0.717) is 0 Å². The number of amides is 1. The van der Waals surface area contributed by atoms with Gasteiger partial charge in [-0.1, -0.05) is 87.5 Å². The van der Waals surface area contributed by atoms with Gasteiger partial charge in [0.1, 0.15) is 0 Å². The fourth-order valence-corrected chi connectivity index (χ4v) is 3.63. The summed E-state index contributed by atoms with van der Waals surface area (Å²) in [7, 11) is 0. The molecule has 0 atom stereocenters. The van der Waals surface area contributed by atoms with Gasteiger partial charge in [0, 0.05) is 11.1 Å². The zero-order chi connectivity index (χ0) is 19.0. The van der Waals surface area contributed by atoms with Crippen molar-refractivity contribution in [3.8, 4) is 0 Å². The molecule has 1 aliphatic rings. The smallest absolute Gasteiger partial charge is 0.263 e. The molecule has 4 rings (SSSR count). The number of nitrogens with zero attached hydrogens (tertiary/aromatic N) is 1. The highest BCUT2D eigenvalue weighted by molar-refractivity contribution is 6.24. The van der Waals surface area contributed by atoms with Gasteiger partial charge in [-0.15, -0.1) is 0 Å². The standard InChI is InChI=1S/C25H23NO/c1-25(2,3)21-15-9-10-16-22(21)26-23(17-18-11-5-4-6-12-18)19-13-7-8-14-20(19)24(26)27/h4-17H,1-3H3/b23-17+. The Balaban J connectivity index is 1.95. The molecule has 0 fully saturated rings. The summed E-state index contributed by atoms with van der Waals surface area (Å²) in [5, 5.41) is 0. The van der Waals surface area contributed by atoms with E-state index in [9.17, 15) is 4.79 Å². The number of para-hydroxylation sites is 1. The number of carbonyl (C=O) groups is 1. The second-order valence-corrected chi connectivity index (χ2v) is 7.89. The second kappa shape index (κ2) is 6.55. The maximum absolute atomic E-state index is 13.4. The topological polar surface area (TPSA) is 20.3 Å². The van der Waals surface area contributed by atoms with E-state index in [0.717, 1.165) is 33.6 Å². The van der Waals surface area contributed by atoms with Crippen molar-refractivity contribution >= 4 is 23.4 Å². The lowest BCUT2D eigenvalue weighted by molar-refractivity contribution is 0.101. The van der Waals surface area contributed by atoms with Gasteiger partial charge in [0.15, 0.2) is 0 Å². The van der Waals surface area contributed by atoms with Crippen LogP contribution in [0.5, 0.6) is 0 Å². The van der Waals surface area contributed by atoms with Crippen LogP contribution in [0.2, 0.25) is 0 Å². The normalized spacial score (nSPS) is 15.3. The molecule has 1 aliphatic heterocycles. The molecule has 27 heavy (non-hydrogen) atoms. The lowest BCUT2D eigenvalue weighted by Gasteiger charge is -2.28. The third-order valence-corrected chi connectivity index (χ3v) is 4.93. The summed E-state index contributed by atoms with van der Waals surface area (Å²) in [6.45, 7) is 6.54. The van der Waals surface area contributed by atoms with Crippen LogP contribution in [-0.2, 0) is 5.41 Å². The molecule has 0 aromatic heterocycles. The van der Waals surface area contributed by atoms with E-state index in [1.807, 2.05) is 65.6 Å². The third-order valence-electron chi connectivity index (χ3n) is 4.93. The van der Waals surface area contributed by atoms with Crippen molar-refractivity contribution in [2.75, 3.05) is 4.90 Å². The minimum absolute atomic E-state index is 0.0319. The highest BCUT2D eigenvalue weighted by atomic mass is 16.2. The molecule has 1 amide bonds. The number of rotatable bonds is 2. The van der Waals surface area contributed by atoms with E-state index < -0.39 is 0 Å². The Labute approximate surface area is 160 Å². The summed E-state index contributed by atoms with van der Waals surface area (Å²) in [5.41, 5.74) is 5.79. The summed E-state index contributed by atoms with van der Waals surface area (Å²) in [6.07, 6.45) is 2.10. The first-order chi connectivity index (χ1) is 13.0. The number of fused-ring (bicyclic) bond motifs is 1. The fourth-order valence-electron chi connectivity index (χ4n) is 3.63. The van der Waals surface area contributed by atoms with Crippen molar-refractivity contribution in [1.29, 1.82) is 0 Å². The van der Waals surface area contributed by atoms with Crippen LogP contribution in [0.25, 0.3) is 11.8 Å². The summed E-state index contributed by atoms with van der Waals surface area (Å²) < 4.78 is 0. The molecule has 0 saturated carbocycles. The Kier molecular flexibility index (Phi) is 4.19. The first kappa shape index (κ1) is 17.3. The van der Waals surface area contributed by atoms with Crippen LogP contribution in [0.15, 0.2) is 78.9 Å². The van der Waals surface area contributed by atoms with Gasteiger partial charge in [-0.25, -0.2) is 0 Å². The van der Waals surface area contributed by atoms with Gasteiger partial charge in [-0.05, 0) is 34.8 Å². The Morgan fingerprint density at radius 3 is 2.04 bits per heavy atom. The van der Waals surface area contributed by atoms with Crippen LogP contribution < -0.4 is 4.90 Å². The van der Waals surface area contributed by atoms with Crippen LogP contribution in [0.4, 0.5) is 5.69 Å². The van der Waals surface area contributed by atoms with Gasteiger partial charge in [-0.3, -0.25) is 9.69 Å². The predicted molar refractivity (Wildman–Crippen MR) is 113 cm³/mol. The molecular formula is C25H23NO. The van der Waals surface area contributed by atoms with Crippen LogP contribution in [0.1, 0.15) is 47.8 Å². The molecular weight excluding hydrogens is 330 g/mol. The number of hydrogen-bond donors (Lipinski definition) is 0. The van der Waals surface area contributed by atoms with Gasteiger partial charge < -0.3 is 0 Å². The average molecular weight is 353 g/mol. The second-order valence-electron chi connectivity index (χ2n) is 7.89. The molecule has 0 bridgehead atoms. The molecule has 2 heteroatoms. The lowest BCUT2D eigenvalue weighted by Crippen LogP contribution is -2.26. The molecule has 134 valence electrons. The van der Waals surface area contributed by atoms with Crippen molar-refractivity contribution < 1.29 is 4.79 Å². The number of benzene rings is 3. The third kappa shape index (κ3) is 3.08. The molecule has 0 aliphatic carbocycles. The zero-order valence-electron chi connectivity index (χ0n) is 15.9. The fraction of sp³-hybridized carbons (Fsp3) is 0.160. The molecule has 3 aromatic rings. The maximum atomic E-state index is 13.4. The van der Waals surface area contributed by atoms with E-state index in [4.69, 9.17) is 0 Å². The highest BCUT2D eigenvalue weighted by Gasteiger charge is 2.35. The summed E-state index contributed by atoms with van der Waals surface area (Å²) in [5.74, 6) is 0.0319. The SMILES string of the molecule is CC(C)(C)c1ccccc1N1C(=O)c2ccccc2/C1=C\c1ccccc1. The first-order valence-electron chi connectivity index (χ1n) is 9.27. The van der Waals surface area contributed by atoms with Crippen molar-refractivity contribution in [3.05, 3.63) is 101 Å². The van der Waals surface area contributed by atoms with E-state index in [-0.39, 0.29) is 11.3 Å². The van der Waals surface area contributed by atoms with E-state index in [1.165, 1.54) is 0 Å². The number of anilines is 1. The maximum Gasteiger partial charge on any atom is 0.263 e. The van der Waals surface area contributed by atoms with Crippen LogP contribution in [0, 0.1) is 0 Å². The molecule has 3 aromatic carbocycles. The van der Waals surface area contributed by atoms with Crippen LogP contribution >= 0.6 is 0 Å². The number of hydrogen-bond acceptors (Lipinski definition) is 1. The molecule has 0 radical (unpaired) electrons. The molecule has 0 saturated heterocycles. The largest absolute Gasteiger partial charge is 0.276 e. The minimum Gasteiger partial charge on any atom is -0.276 e. The predicted octanol–water partition coefficient (Wildman–Crippen LogP) is 6.14. The minimum atomic E-state index is -0.0660. The Bertz CT molecular complexity index is 1030. The first-order valence-corrected chi connectivity index (χ1v) is 9.27. The molecule has 2 nitrogen and oxygen atoms in total. The Morgan fingerprint density at radius 2 is 1.33 bits per heavy atom. The molecule has 0 unspecified atom stereocenters. The van der Waals surface area contributed by atoms with Crippen molar-refractivity contribution in [3.63, 3.8) is 0 Å². The van der Waals surface area contributed by atoms with E-state index in [2.05, 4.69) is 45.0 Å². The van der Waals surface area contributed by atoms with Crippen molar-refractivity contribution in [2.45, 2.75) is 26.2 Å². The zero-order valence-corrected chi connectivity index (χ0v) is 15.9. The Morgan fingerprint density at radius 1 is 0.741 bits per heavy atom. The van der Waals surface area contributed by atoms with Crippen molar-refractivity contribution in [1.82, 2.24) is 0 Å². The van der Waals surface area contributed by atoms with Gasteiger partial charge in [0.25, 0.3) is 5.91 Å². The van der Waals surface area contributed by atoms with Gasteiger partial charge in [-0.2, -0.15) is 0 Å². The van der Waals surface area contributed by atoms with E-state index >= 15 is 0 Å². The monoisotopic (exact) mass is 353 g/mol. The summed E-state index contributed by atoms with van der Waals surface area (Å²) in [4.78, 5) is 15.2. The lowest BCUT2D eigenvalue weighted by atomic mass is 9.85. The van der Waals surface area contributed by atoms with E-state index in [1.54, 1.807) is 0 Å². The van der Waals surface area contributed by atoms with Crippen molar-refractivity contribution in [2.24, 2.45) is 0 Å². The molecule has 0 N–H and O–H groups in total.